The highest BCUT2D eigenvalue weighted by molar-refractivity contribution is 5.92. The van der Waals surface area contributed by atoms with Crippen LogP contribution in [0.4, 0.5) is 5.69 Å². The van der Waals surface area contributed by atoms with Gasteiger partial charge < -0.3 is 20.9 Å². The van der Waals surface area contributed by atoms with Crippen molar-refractivity contribution >= 4 is 17.7 Å². The minimum Gasteiger partial charge on any atom is -0.492 e. The highest BCUT2D eigenvalue weighted by atomic mass is 16.5. The molecule has 0 heterocycles. The van der Waals surface area contributed by atoms with E-state index in [-0.39, 0.29) is 18.6 Å². The highest BCUT2D eigenvalue weighted by Gasteiger charge is 2.06. The maximum absolute atomic E-state index is 11.6. The van der Waals surface area contributed by atoms with Crippen LogP contribution in [0.3, 0.4) is 0 Å². The molecule has 1 amide bonds. The van der Waals surface area contributed by atoms with Gasteiger partial charge in [-0.25, -0.2) is 0 Å². The lowest BCUT2D eigenvalue weighted by atomic mass is 10.1. The molecule has 110 valence electrons. The summed E-state index contributed by atoms with van der Waals surface area (Å²) in [6.45, 7) is 4.29. The Labute approximate surface area is 119 Å². The summed E-state index contributed by atoms with van der Waals surface area (Å²) >= 11 is 0. The van der Waals surface area contributed by atoms with Crippen LogP contribution in [0.5, 0.6) is 5.75 Å². The van der Waals surface area contributed by atoms with Gasteiger partial charge in [-0.15, -0.1) is 0 Å². The van der Waals surface area contributed by atoms with Gasteiger partial charge in [0.25, 0.3) is 0 Å². The molecule has 1 rings (SSSR count). The summed E-state index contributed by atoms with van der Waals surface area (Å²) in [5.41, 5.74) is 7.20. The van der Waals surface area contributed by atoms with Crippen molar-refractivity contribution in [1.82, 2.24) is 5.32 Å². The number of ether oxygens (including phenoxy) is 1. The van der Waals surface area contributed by atoms with Gasteiger partial charge in [0.1, 0.15) is 5.75 Å². The topological polar surface area (TPSA) is 84.6 Å². The third kappa shape index (κ3) is 4.93. The normalized spacial score (nSPS) is 12.3. The molecule has 0 saturated heterocycles. The molecule has 20 heavy (non-hydrogen) atoms. The second-order valence-electron chi connectivity index (χ2n) is 4.36. The van der Waals surface area contributed by atoms with E-state index in [1.54, 1.807) is 18.2 Å². The fourth-order valence-electron chi connectivity index (χ4n) is 1.66. The minimum atomic E-state index is -0.238. The Morgan fingerprint density at radius 1 is 1.50 bits per heavy atom. The first-order valence-electron chi connectivity index (χ1n) is 6.72. The van der Waals surface area contributed by atoms with Crippen molar-refractivity contribution in [3.63, 3.8) is 0 Å². The first kappa shape index (κ1) is 16.0. The molecule has 0 saturated carbocycles. The third-order valence-electron chi connectivity index (χ3n) is 2.82. The Morgan fingerprint density at radius 2 is 2.25 bits per heavy atom. The number of hydrogen-bond donors (Lipinski definition) is 3. The number of nitrogen functional groups attached to an aromatic ring is 1. The summed E-state index contributed by atoms with van der Waals surface area (Å²) in [5.74, 6) is 0.402. The van der Waals surface area contributed by atoms with Gasteiger partial charge in [0.15, 0.2) is 0 Å². The van der Waals surface area contributed by atoms with Gasteiger partial charge in [0.05, 0.1) is 24.9 Å². The summed E-state index contributed by atoms with van der Waals surface area (Å²) in [4.78, 5) is 11.6. The number of amides is 1. The standard InChI is InChI=1S/C15H22N2O3/c1-3-12(10-18)17-15(19)8-6-11-5-7-14(20-4-2)13(16)9-11/h5-9,12,18H,3-4,10,16H2,1-2H3,(H,17,19)/b8-6-. The summed E-state index contributed by atoms with van der Waals surface area (Å²) in [7, 11) is 0. The molecule has 0 radical (unpaired) electrons. The quantitative estimate of drug-likeness (QED) is 0.522. The number of nitrogens with one attached hydrogen (secondary N) is 1. The van der Waals surface area contributed by atoms with E-state index in [1.807, 2.05) is 19.9 Å². The van der Waals surface area contributed by atoms with Crippen molar-refractivity contribution < 1.29 is 14.6 Å². The molecule has 5 nitrogen and oxygen atoms in total. The highest BCUT2D eigenvalue weighted by Crippen LogP contribution is 2.22. The monoisotopic (exact) mass is 278 g/mol. The molecule has 4 N–H and O–H groups in total. The van der Waals surface area contributed by atoms with Crippen LogP contribution in [-0.2, 0) is 4.79 Å². The van der Waals surface area contributed by atoms with Gasteiger partial charge in [0.2, 0.25) is 5.91 Å². The maximum Gasteiger partial charge on any atom is 0.244 e. The van der Waals surface area contributed by atoms with Gasteiger partial charge in [-0.3, -0.25) is 4.79 Å². The number of carbonyl (C=O) groups excluding carboxylic acids is 1. The second-order valence-corrected chi connectivity index (χ2v) is 4.36. The van der Waals surface area contributed by atoms with Crippen LogP contribution in [-0.4, -0.2) is 30.3 Å². The van der Waals surface area contributed by atoms with E-state index >= 15 is 0 Å². The molecule has 0 aromatic heterocycles. The Balaban J connectivity index is 2.66. The number of carbonyl (C=O) groups is 1. The smallest absolute Gasteiger partial charge is 0.244 e. The zero-order chi connectivity index (χ0) is 15.0. The van der Waals surface area contributed by atoms with Crippen molar-refractivity contribution in [1.29, 1.82) is 0 Å². The average molecular weight is 278 g/mol. The number of anilines is 1. The molecule has 0 fully saturated rings. The SMILES string of the molecule is CCOc1ccc(/C=C\C(=O)NC(CC)CO)cc1N. The van der Waals surface area contributed by atoms with E-state index in [2.05, 4.69) is 5.32 Å². The molecule has 0 bridgehead atoms. The van der Waals surface area contributed by atoms with Gasteiger partial charge in [-0.2, -0.15) is 0 Å². The van der Waals surface area contributed by atoms with E-state index in [9.17, 15) is 4.79 Å². The maximum atomic E-state index is 11.6. The first-order valence-corrected chi connectivity index (χ1v) is 6.72. The molecule has 1 unspecified atom stereocenters. The van der Waals surface area contributed by atoms with Crippen LogP contribution in [0, 0.1) is 0 Å². The van der Waals surface area contributed by atoms with Crippen molar-refractivity contribution in [3.05, 3.63) is 29.8 Å². The van der Waals surface area contributed by atoms with Crippen LogP contribution in [0.25, 0.3) is 6.08 Å². The van der Waals surface area contributed by atoms with E-state index in [0.717, 1.165) is 5.56 Å². The Morgan fingerprint density at radius 3 is 2.80 bits per heavy atom. The van der Waals surface area contributed by atoms with Gasteiger partial charge >= 0.3 is 0 Å². The zero-order valence-electron chi connectivity index (χ0n) is 11.9. The molecule has 0 aliphatic carbocycles. The molecule has 0 aliphatic rings. The molecule has 0 aliphatic heterocycles. The summed E-state index contributed by atoms with van der Waals surface area (Å²) in [6.07, 6.45) is 3.78. The van der Waals surface area contributed by atoms with E-state index in [0.29, 0.717) is 24.5 Å². The summed E-state index contributed by atoms with van der Waals surface area (Å²) < 4.78 is 5.34. The summed E-state index contributed by atoms with van der Waals surface area (Å²) in [5, 5.41) is 11.7. The van der Waals surface area contributed by atoms with Gasteiger partial charge in [0, 0.05) is 6.08 Å². The molecular weight excluding hydrogens is 256 g/mol. The fourth-order valence-corrected chi connectivity index (χ4v) is 1.66. The molecule has 5 heteroatoms. The lowest BCUT2D eigenvalue weighted by Gasteiger charge is -2.11. The minimum absolute atomic E-state index is 0.0634. The molecular formula is C15H22N2O3. The predicted octanol–water partition coefficient (Wildman–Crippen LogP) is 1.57. The molecule has 0 spiro atoms. The lowest BCUT2D eigenvalue weighted by molar-refractivity contribution is -0.117. The number of nitrogens with two attached hydrogens (primary N) is 1. The number of aliphatic hydroxyl groups excluding tert-OH is 1. The van der Waals surface area contributed by atoms with Crippen LogP contribution < -0.4 is 15.8 Å². The fraction of sp³-hybridized carbons (Fsp3) is 0.400. The van der Waals surface area contributed by atoms with Gasteiger partial charge in [-0.05, 0) is 37.1 Å². The van der Waals surface area contributed by atoms with Crippen molar-refractivity contribution in [2.75, 3.05) is 18.9 Å². The van der Waals surface area contributed by atoms with Crippen LogP contribution in [0.15, 0.2) is 24.3 Å². The number of aliphatic hydroxyl groups is 1. The number of benzene rings is 1. The first-order chi connectivity index (χ1) is 9.60. The molecule has 1 aromatic carbocycles. The second kappa shape index (κ2) is 8.22. The van der Waals surface area contributed by atoms with E-state index in [1.165, 1.54) is 6.08 Å². The summed E-state index contributed by atoms with van der Waals surface area (Å²) in [6, 6.07) is 5.14. The third-order valence-corrected chi connectivity index (χ3v) is 2.82. The van der Waals surface area contributed by atoms with Crippen LogP contribution in [0.2, 0.25) is 0 Å². The molecule has 1 aromatic rings. The van der Waals surface area contributed by atoms with Crippen molar-refractivity contribution in [2.24, 2.45) is 0 Å². The lowest BCUT2D eigenvalue weighted by Crippen LogP contribution is -2.35. The molecule has 1 atom stereocenters. The van der Waals surface area contributed by atoms with Crippen molar-refractivity contribution in [3.8, 4) is 5.75 Å². The Bertz CT molecular complexity index is 468. The van der Waals surface area contributed by atoms with Crippen molar-refractivity contribution in [2.45, 2.75) is 26.3 Å². The number of hydrogen-bond acceptors (Lipinski definition) is 4. The van der Waals surface area contributed by atoms with Gasteiger partial charge in [-0.1, -0.05) is 13.0 Å². The van der Waals surface area contributed by atoms with E-state index in [4.69, 9.17) is 15.6 Å². The van der Waals surface area contributed by atoms with Crippen LogP contribution >= 0.6 is 0 Å². The van der Waals surface area contributed by atoms with E-state index < -0.39 is 0 Å². The Hall–Kier alpha value is -2.01. The van der Waals surface area contributed by atoms with Crippen LogP contribution in [0.1, 0.15) is 25.8 Å². The Kier molecular flexibility index (Phi) is 6.59. The zero-order valence-corrected chi connectivity index (χ0v) is 11.9. The predicted molar refractivity (Wildman–Crippen MR) is 80.4 cm³/mol. The largest absolute Gasteiger partial charge is 0.492 e. The number of rotatable bonds is 7. The average Bonchev–Trinajstić information content (AvgIpc) is 2.45.